The number of pyridine rings is 1. The van der Waals surface area contributed by atoms with Crippen LogP contribution < -0.4 is 4.90 Å². The molecule has 28 heavy (non-hydrogen) atoms. The second kappa shape index (κ2) is 9.08. The van der Waals surface area contributed by atoms with E-state index in [1.807, 2.05) is 50.7 Å². The molecule has 2 rings (SSSR count). The van der Waals surface area contributed by atoms with Gasteiger partial charge < -0.3 is 19.4 Å². The zero-order chi connectivity index (χ0) is 20.9. The number of carbonyl (C=O) groups excluding carboxylic acids is 2. The first-order valence-electron chi connectivity index (χ1n) is 9.70. The molecule has 0 spiro atoms. The number of aromatic nitrogens is 1. The van der Waals surface area contributed by atoms with Crippen molar-refractivity contribution in [3.05, 3.63) is 36.2 Å². The molecule has 1 aliphatic heterocycles. The standard InChI is InChI=1S/C21H32N4O3/c1-7-17-15-24(12-13-25(17)20(27)28-21(2,3)4)19-9-8-16(14-22-19)18(26)10-11-23(5)6/h8-11,14,17H,7,12-13,15H2,1-6H3/b11-10-. The Bertz CT molecular complexity index is 707. The molecule has 7 nitrogen and oxygen atoms in total. The molecular formula is C21H32N4O3. The number of anilines is 1. The van der Waals surface area contributed by atoms with E-state index < -0.39 is 5.60 Å². The first kappa shape index (κ1) is 21.7. The third kappa shape index (κ3) is 5.97. The van der Waals surface area contributed by atoms with Crippen LogP contribution in [0.25, 0.3) is 0 Å². The number of hydrogen-bond donors (Lipinski definition) is 0. The van der Waals surface area contributed by atoms with E-state index >= 15 is 0 Å². The van der Waals surface area contributed by atoms with Crippen LogP contribution in [0, 0.1) is 0 Å². The average Bonchev–Trinajstić information content (AvgIpc) is 2.64. The van der Waals surface area contributed by atoms with Crippen LogP contribution in [0.2, 0.25) is 0 Å². The van der Waals surface area contributed by atoms with Gasteiger partial charge >= 0.3 is 6.09 Å². The van der Waals surface area contributed by atoms with Gasteiger partial charge in [-0.2, -0.15) is 0 Å². The molecule has 1 saturated heterocycles. The SMILES string of the molecule is CCC1CN(c2ccc(C(=O)/C=C\N(C)C)cn2)CCN1C(=O)OC(C)(C)C. The van der Waals surface area contributed by atoms with E-state index in [-0.39, 0.29) is 17.9 Å². The van der Waals surface area contributed by atoms with Crippen molar-refractivity contribution in [1.29, 1.82) is 0 Å². The fraction of sp³-hybridized carbons (Fsp3) is 0.571. The Labute approximate surface area is 168 Å². The van der Waals surface area contributed by atoms with E-state index in [2.05, 4.69) is 16.8 Å². The van der Waals surface area contributed by atoms with Crippen LogP contribution in [-0.2, 0) is 4.74 Å². The predicted octanol–water partition coefficient (Wildman–Crippen LogP) is 3.18. The number of ether oxygens (including phenoxy) is 1. The van der Waals surface area contributed by atoms with Crippen molar-refractivity contribution in [2.24, 2.45) is 0 Å². The first-order valence-corrected chi connectivity index (χ1v) is 9.70. The van der Waals surface area contributed by atoms with Crippen LogP contribution in [0.4, 0.5) is 10.6 Å². The van der Waals surface area contributed by atoms with Crippen LogP contribution in [0.3, 0.4) is 0 Å². The van der Waals surface area contributed by atoms with E-state index in [0.29, 0.717) is 25.2 Å². The van der Waals surface area contributed by atoms with Gasteiger partial charge in [0.1, 0.15) is 11.4 Å². The molecule has 0 radical (unpaired) electrons. The molecule has 0 bridgehead atoms. The summed E-state index contributed by atoms with van der Waals surface area (Å²) in [5, 5.41) is 0. The van der Waals surface area contributed by atoms with Gasteiger partial charge in [0.05, 0.1) is 6.04 Å². The van der Waals surface area contributed by atoms with E-state index in [1.54, 1.807) is 18.5 Å². The fourth-order valence-corrected chi connectivity index (χ4v) is 3.01. The maximum absolute atomic E-state index is 12.5. The maximum Gasteiger partial charge on any atom is 0.410 e. The van der Waals surface area contributed by atoms with Crippen LogP contribution in [0.1, 0.15) is 44.5 Å². The number of hydrogen-bond acceptors (Lipinski definition) is 6. The minimum absolute atomic E-state index is 0.0646. The highest BCUT2D eigenvalue weighted by molar-refractivity contribution is 6.04. The maximum atomic E-state index is 12.5. The lowest BCUT2D eigenvalue weighted by molar-refractivity contribution is 0.0136. The molecule has 7 heteroatoms. The number of piperazine rings is 1. The van der Waals surface area contributed by atoms with Crippen LogP contribution in [0.5, 0.6) is 0 Å². The van der Waals surface area contributed by atoms with Gasteiger partial charge in [-0.3, -0.25) is 4.79 Å². The quantitative estimate of drug-likeness (QED) is 0.570. The lowest BCUT2D eigenvalue weighted by Gasteiger charge is -2.41. The highest BCUT2D eigenvalue weighted by Crippen LogP contribution is 2.21. The second-order valence-electron chi connectivity index (χ2n) is 8.23. The van der Waals surface area contributed by atoms with Gasteiger partial charge in [-0.05, 0) is 39.3 Å². The van der Waals surface area contributed by atoms with Crippen molar-refractivity contribution < 1.29 is 14.3 Å². The Morgan fingerprint density at radius 1 is 1.29 bits per heavy atom. The van der Waals surface area contributed by atoms with Gasteiger partial charge in [0.2, 0.25) is 0 Å². The lowest BCUT2D eigenvalue weighted by atomic mass is 10.1. The Morgan fingerprint density at radius 3 is 2.54 bits per heavy atom. The smallest absolute Gasteiger partial charge is 0.410 e. The van der Waals surface area contributed by atoms with Gasteiger partial charge in [-0.15, -0.1) is 0 Å². The Hall–Kier alpha value is -2.57. The topological polar surface area (TPSA) is 66.0 Å². The van der Waals surface area contributed by atoms with Crippen molar-refractivity contribution in [3.63, 3.8) is 0 Å². The summed E-state index contributed by atoms with van der Waals surface area (Å²) >= 11 is 0. The van der Waals surface area contributed by atoms with Gasteiger partial charge in [0.15, 0.2) is 5.78 Å². The summed E-state index contributed by atoms with van der Waals surface area (Å²) in [5.41, 5.74) is 0.0542. The molecule has 1 atom stereocenters. The van der Waals surface area contributed by atoms with Gasteiger partial charge in [-0.1, -0.05) is 6.92 Å². The molecule has 0 saturated carbocycles. The largest absolute Gasteiger partial charge is 0.444 e. The Balaban J connectivity index is 2.04. The molecule has 1 amide bonds. The molecule has 0 aromatic carbocycles. The molecule has 1 unspecified atom stereocenters. The van der Waals surface area contributed by atoms with Gasteiger partial charge in [0, 0.05) is 57.8 Å². The van der Waals surface area contributed by atoms with Crippen molar-refractivity contribution in [1.82, 2.24) is 14.8 Å². The third-order valence-corrected chi connectivity index (χ3v) is 4.46. The minimum atomic E-state index is -0.503. The Morgan fingerprint density at radius 2 is 2.00 bits per heavy atom. The Kier molecular flexibility index (Phi) is 7.05. The monoisotopic (exact) mass is 388 g/mol. The molecule has 0 aliphatic carbocycles. The van der Waals surface area contributed by atoms with Crippen LogP contribution >= 0.6 is 0 Å². The molecule has 1 aromatic heterocycles. The molecular weight excluding hydrogens is 356 g/mol. The summed E-state index contributed by atoms with van der Waals surface area (Å²) < 4.78 is 5.54. The first-order chi connectivity index (χ1) is 13.1. The van der Waals surface area contributed by atoms with Gasteiger partial charge in [0.25, 0.3) is 0 Å². The van der Waals surface area contributed by atoms with E-state index in [0.717, 1.165) is 12.2 Å². The molecule has 154 valence electrons. The average molecular weight is 389 g/mol. The summed E-state index contributed by atoms with van der Waals surface area (Å²) in [7, 11) is 3.73. The summed E-state index contributed by atoms with van der Waals surface area (Å²) in [6.07, 6.45) is 5.43. The van der Waals surface area contributed by atoms with Gasteiger partial charge in [-0.25, -0.2) is 9.78 Å². The predicted molar refractivity (Wildman–Crippen MR) is 111 cm³/mol. The summed E-state index contributed by atoms with van der Waals surface area (Å²) in [5.74, 6) is 0.740. The number of carbonyl (C=O) groups is 2. The third-order valence-electron chi connectivity index (χ3n) is 4.46. The van der Waals surface area contributed by atoms with Crippen molar-refractivity contribution in [2.75, 3.05) is 38.6 Å². The summed E-state index contributed by atoms with van der Waals surface area (Å²) in [6.45, 7) is 9.65. The van der Waals surface area contributed by atoms with Crippen LogP contribution in [-0.4, -0.2) is 72.0 Å². The number of amides is 1. The zero-order valence-corrected chi connectivity index (χ0v) is 17.8. The highest BCUT2D eigenvalue weighted by Gasteiger charge is 2.32. The van der Waals surface area contributed by atoms with Crippen LogP contribution in [0.15, 0.2) is 30.6 Å². The van der Waals surface area contributed by atoms with Crippen molar-refractivity contribution >= 4 is 17.7 Å². The molecule has 1 fully saturated rings. The number of ketones is 1. The zero-order valence-electron chi connectivity index (χ0n) is 17.8. The summed E-state index contributed by atoms with van der Waals surface area (Å²) in [6, 6.07) is 3.73. The molecule has 1 aromatic rings. The second-order valence-corrected chi connectivity index (χ2v) is 8.23. The van der Waals surface area contributed by atoms with E-state index in [9.17, 15) is 9.59 Å². The summed E-state index contributed by atoms with van der Waals surface area (Å²) in [4.78, 5) is 34.9. The fourth-order valence-electron chi connectivity index (χ4n) is 3.01. The molecule has 0 N–H and O–H groups in total. The van der Waals surface area contributed by atoms with Crippen molar-refractivity contribution in [3.8, 4) is 0 Å². The van der Waals surface area contributed by atoms with E-state index in [4.69, 9.17) is 4.74 Å². The number of rotatable bonds is 5. The minimum Gasteiger partial charge on any atom is -0.444 e. The molecule has 1 aliphatic rings. The lowest BCUT2D eigenvalue weighted by Crippen LogP contribution is -2.56. The molecule has 2 heterocycles. The van der Waals surface area contributed by atoms with E-state index in [1.165, 1.54) is 6.08 Å². The number of allylic oxidation sites excluding steroid dienone is 1. The normalized spacial score (nSPS) is 17.7. The van der Waals surface area contributed by atoms with Crippen molar-refractivity contribution in [2.45, 2.75) is 45.8 Å². The number of nitrogens with zero attached hydrogens (tertiary/aromatic N) is 4. The highest BCUT2D eigenvalue weighted by atomic mass is 16.6.